The minimum Gasteiger partial charge on any atom is -0.248 e. The van der Waals surface area contributed by atoms with Gasteiger partial charge in [-0.2, -0.15) is 5.26 Å². The van der Waals surface area contributed by atoms with Crippen LogP contribution < -0.4 is 0 Å². The number of hydrogen-bond donors (Lipinski definition) is 0. The van der Waals surface area contributed by atoms with Crippen molar-refractivity contribution in [2.24, 2.45) is 5.92 Å². The molecule has 4 nitrogen and oxygen atoms in total. The van der Waals surface area contributed by atoms with Gasteiger partial charge in [0, 0.05) is 6.54 Å². The summed E-state index contributed by atoms with van der Waals surface area (Å²) in [6, 6.07) is 2.06. The van der Waals surface area contributed by atoms with Gasteiger partial charge in [0.05, 0.1) is 5.69 Å². The Morgan fingerprint density at radius 1 is 1.54 bits per heavy atom. The van der Waals surface area contributed by atoms with E-state index < -0.39 is 0 Å². The lowest BCUT2D eigenvalue weighted by Crippen LogP contribution is -2.06. The van der Waals surface area contributed by atoms with Crippen LogP contribution in [0.4, 0.5) is 0 Å². The zero-order chi connectivity index (χ0) is 9.84. The number of aryl methyl sites for hydroxylation is 1. The normalized spacial score (nSPS) is 10.4. The number of hydrogen-bond acceptors (Lipinski definition) is 3. The van der Waals surface area contributed by atoms with Crippen LogP contribution in [0.25, 0.3) is 0 Å². The second kappa shape index (κ2) is 4.04. The number of nitrogens with zero attached hydrogens (tertiary/aromatic N) is 4. The highest BCUT2D eigenvalue weighted by Crippen LogP contribution is 2.10. The topological polar surface area (TPSA) is 54.5 Å². The van der Waals surface area contributed by atoms with Gasteiger partial charge in [-0.3, -0.25) is 0 Å². The van der Waals surface area contributed by atoms with Crippen LogP contribution in [0.15, 0.2) is 0 Å². The quantitative estimate of drug-likeness (QED) is 0.702. The molecule has 1 heterocycles. The molecule has 0 spiro atoms. The number of rotatable bonds is 3. The molecule has 0 aliphatic rings. The summed E-state index contributed by atoms with van der Waals surface area (Å²) in [6.45, 7) is 7.01. The van der Waals surface area contributed by atoms with E-state index in [1.807, 2.05) is 6.92 Å². The van der Waals surface area contributed by atoms with Crippen molar-refractivity contribution < 1.29 is 0 Å². The molecule has 0 aliphatic carbocycles. The monoisotopic (exact) mass is 178 g/mol. The molecule has 0 atom stereocenters. The Morgan fingerprint density at radius 2 is 2.23 bits per heavy atom. The molecule has 0 saturated carbocycles. The Kier molecular flexibility index (Phi) is 3.02. The SMILES string of the molecule is CCn1nnc(C#N)c1CC(C)C. The predicted octanol–water partition coefficient (Wildman–Crippen LogP) is 1.37. The third kappa shape index (κ3) is 2.05. The molecule has 0 fully saturated rings. The Morgan fingerprint density at radius 3 is 2.69 bits per heavy atom. The first-order valence-electron chi connectivity index (χ1n) is 4.51. The summed E-state index contributed by atoms with van der Waals surface area (Å²) in [7, 11) is 0. The fraction of sp³-hybridized carbons (Fsp3) is 0.667. The highest BCUT2D eigenvalue weighted by Gasteiger charge is 2.12. The highest BCUT2D eigenvalue weighted by molar-refractivity contribution is 5.24. The number of nitriles is 1. The summed E-state index contributed by atoms with van der Waals surface area (Å²) in [6.07, 6.45) is 0.865. The molecule has 0 saturated heterocycles. The standard InChI is InChI=1S/C9H14N4/c1-4-13-9(5-7(2)3)8(6-10)11-12-13/h7H,4-5H2,1-3H3. The first kappa shape index (κ1) is 9.72. The van der Waals surface area contributed by atoms with Crippen LogP contribution in [-0.2, 0) is 13.0 Å². The second-order valence-electron chi connectivity index (χ2n) is 3.41. The average Bonchev–Trinajstić information content (AvgIpc) is 2.46. The van der Waals surface area contributed by atoms with Gasteiger partial charge >= 0.3 is 0 Å². The molecule has 0 bridgehead atoms. The smallest absolute Gasteiger partial charge is 0.185 e. The third-order valence-corrected chi connectivity index (χ3v) is 1.84. The minimum atomic E-state index is 0.468. The maximum Gasteiger partial charge on any atom is 0.185 e. The zero-order valence-electron chi connectivity index (χ0n) is 8.28. The molecule has 4 heteroatoms. The Balaban J connectivity index is 3.00. The van der Waals surface area contributed by atoms with Gasteiger partial charge in [-0.15, -0.1) is 5.10 Å². The summed E-state index contributed by atoms with van der Waals surface area (Å²) in [5.41, 5.74) is 1.43. The second-order valence-corrected chi connectivity index (χ2v) is 3.41. The van der Waals surface area contributed by atoms with Crippen LogP contribution in [0.2, 0.25) is 0 Å². The summed E-state index contributed by atoms with van der Waals surface area (Å²) >= 11 is 0. The predicted molar refractivity (Wildman–Crippen MR) is 49.0 cm³/mol. The van der Waals surface area contributed by atoms with E-state index in [0.29, 0.717) is 11.6 Å². The van der Waals surface area contributed by atoms with Gasteiger partial charge < -0.3 is 0 Å². The maximum absolute atomic E-state index is 8.77. The van der Waals surface area contributed by atoms with E-state index in [2.05, 4.69) is 30.2 Å². The van der Waals surface area contributed by atoms with Gasteiger partial charge in [-0.05, 0) is 19.3 Å². The van der Waals surface area contributed by atoms with Crippen molar-refractivity contribution in [3.05, 3.63) is 11.4 Å². The van der Waals surface area contributed by atoms with E-state index in [1.165, 1.54) is 0 Å². The Labute approximate surface area is 78.2 Å². The molecular formula is C9H14N4. The summed E-state index contributed by atoms with van der Waals surface area (Å²) < 4.78 is 1.79. The van der Waals surface area contributed by atoms with E-state index in [1.54, 1.807) is 4.68 Å². The molecule has 1 aromatic heterocycles. The van der Waals surface area contributed by atoms with Crippen molar-refractivity contribution in [3.63, 3.8) is 0 Å². The lowest BCUT2D eigenvalue weighted by molar-refractivity contribution is 0.553. The van der Waals surface area contributed by atoms with E-state index in [0.717, 1.165) is 18.7 Å². The van der Waals surface area contributed by atoms with Crippen molar-refractivity contribution in [2.45, 2.75) is 33.7 Å². The maximum atomic E-state index is 8.77. The fourth-order valence-electron chi connectivity index (χ4n) is 1.26. The third-order valence-electron chi connectivity index (χ3n) is 1.84. The van der Waals surface area contributed by atoms with E-state index in [-0.39, 0.29) is 0 Å². The van der Waals surface area contributed by atoms with Crippen LogP contribution in [0.5, 0.6) is 0 Å². The van der Waals surface area contributed by atoms with Crippen LogP contribution in [0.3, 0.4) is 0 Å². The van der Waals surface area contributed by atoms with Gasteiger partial charge in [0.1, 0.15) is 6.07 Å². The molecule has 0 aliphatic heterocycles. The van der Waals surface area contributed by atoms with Crippen LogP contribution in [-0.4, -0.2) is 15.0 Å². The lowest BCUT2D eigenvalue weighted by atomic mass is 10.1. The number of aromatic nitrogens is 3. The van der Waals surface area contributed by atoms with Crippen molar-refractivity contribution in [1.82, 2.24) is 15.0 Å². The minimum absolute atomic E-state index is 0.468. The van der Waals surface area contributed by atoms with Gasteiger partial charge in [0.15, 0.2) is 5.69 Å². The molecule has 1 rings (SSSR count). The molecule has 0 N–H and O–H groups in total. The van der Waals surface area contributed by atoms with Crippen molar-refractivity contribution in [1.29, 1.82) is 5.26 Å². The molecular weight excluding hydrogens is 164 g/mol. The lowest BCUT2D eigenvalue weighted by Gasteiger charge is -2.05. The molecule has 0 aromatic carbocycles. The average molecular weight is 178 g/mol. The molecule has 0 radical (unpaired) electrons. The van der Waals surface area contributed by atoms with Crippen LogP contribution in [0.1, 0.15) is 32.2 Å². The molecule has 13 heavy (non-hydrogen) atoms. The molecule has 0 unspecified atom stereocenters. The van der Waals surface area contributed by atoms with Crippen LogP contribution >= 0.6 is 0 Å². The van der Waals surface area contributed by atoms with Crippen molar-refractivity contribution >= 4 is 0 Å². The van der Waals surface area contributed by atoms with E-state index in [4.69, 9.17) is 5.26 Å². The fourth-order valence-corrected chi connectivity index (χ4v) is 1.26. The first-order chi connectivity index (χ1) is 6.19. The molecule has 1 aromatic rings. The first-order valence-corrected chi connectivity index (χ1v) is 4.51. The van der Waals surface area contributed by atoms with Gasteiger partial charge in [-0.25, -0.2) is 4.68 Å². The van der Waals surface area contributed by atoms with Crippen LogP contribution in [0, 0.1) is 17.2 Å². The zero-order valence-corrected chi connectivity index (χ0v) is 8.28. The summed E-state index contributed by atoms with van der Waals surface area (Å²) in [4.78, 5) is 0. The Bertz CT molecular complexity index is 319. The summed E-state index contributed by atoms with van der Waals surface area (Å²) in [5, 5.41) is 16.5. The molecule has 0 amide bonds. The van der Waals surface area contributed by atoms with Crippen molar-refractivity contribution in [3.8, 4) is 6.07 Å². The Hall–Kier alpha value is -1.37. The van der Waals surface area contributed by atoms with Gasteiger partial charge in [-0.1, -0.05) is 19.1 Å². The van der Waals surface area contributed by atoms with E-state index in [9.17, 15) is 0 Å². The van der Waals surface area contributed by atoms with Gasteiger partial charge in [0.2, 0.25) is 0 Å². The summed E-state index contributed by atoms with van der Waals surface area (Å²) in [5.74, 6) is 0.524. The van der Waals surface area contributed by atoms with Gasteiger partial charge in [0.25, 0.3) is 0 Å². The van der Waals surface area contributed by atoms with Crippen molar-refractivity contribution in [2.75, 3.05) is 0 Å². The largest absolute Gasteiger partial charge is 0.248 e. The van der Waals surface area contributed by atoms with E-state index >= 15 is 0 Å². The molecule has 70 valence electrons. The highest BCUT2D eigenvalue weighted by atomic mass is 15.4.